The number of hydrogen-bond acceptors (Lipinski definition) is 5. The molecule has 0 spiro atoms. The summed E-state index contributed by atoms with van der Waals surface area (Å²) in [5.74, 6) is 0.269. The summed E-state index contributed by atoms with van der Waals surface area (Å²) < 4.78 is 40.8. The van der Waals surface area contributed by atoms with Gasteiger partial charge in [-0.15, -0.1) is 0 Å². The van der Waals surface area contributed by atoms with Gasteiger partial charge in [0.15, 0.2) is 0 Å². The van der Waals surface area contributed by atoms with Crippen LogP contribution in [0.3, 0.4) is 0 Å². The molecule has 0 radical (unpaired) electrons. The fourth-order valence-electron chi connectivity index (χ4n) is 5.40. The van der Waals surface area contributed by atoms with Crippen molar-refractivity contribution in [3.63, 3.8) is 0 Å². The number of sulfonamides is 1. The van der Waals surface area contributed by atoms with Gasteiger partial charge in [-0.3, -0.25) is 4.79 Å². The summed E-state index contributed by atoms with van der Waals surface area (Å²) in [5, 5.41) is 0.327. The molecule has 0 aromatic heterocycles. The lowest BCUT2D eigenvalue weighted by Gasteiger charge is -2.48. The molecule has 3 atom stereocenters. The van der Waals surface area contributed by atoms with Crippen LogP contribution >= 0.6 is 11.6 Å². The minimum atomic E-state index is -4.05. The molecule has 0 bridgehead atoms. The van der Waals surface area contributed by atoms with Crippen LogP contribution in [-0.2, 0) is 19.6 Å². The van der Waals surface area contributed by atoms with Crippen molar-refractivity contribution in [3.8, 4) is 16.9 Å². The molecular weight excluding hydrogens is 510 g/mol. The first-order valence-electron chi connectivity index (χ1n) is 12.4. The molecule has 2 aliphatic rings. The Balaban J connectivity index is 1.36. The monoisotopic (exact) mass is 539 g/mol. The second-order valence-electron chi connectivity index (χ2n) is 10.3. The van der Waals surface area contributed by atoms with Gasteiger partial charge in [0.1, 0.15) is 11.4 Å². The zero-order chi connectivity index (χ0) is 26.4. The van der Waals surface area contributed by atoms with Crippen LogP contribution in [0, 0.1) is 12.8 Å². The number of ether oxygens (including phenoxy) is 2. The highest BCUT2D eigenvalue weighted by molar-refractivity contribution is 7.90. The maximum absolute atomic E-state index is 12.9. The van der Waals surface area contributed by atoms with Crippen LogP contribution in [-0.4, -0.2) is 26.0 Å². The van der Waals surface area contributed by atoms with Crippen LogP contribution in [0.2, 0.25) is 5.02 Å². The second-order valence-corrected chi connectivity index (χ2v) is 12.3. The number of nitrogens with one attached hydrogen (secondary N) is 1. The standard InChI is InChI=1S/C29H30ClNO5S/c1-18-24(30)10-7-11-26(18)37(33,34)31-27(32)17-21-13-14-23-28(35-21)22-16-20(19-8-5-4-6-9-19)12-15-25(22)36-29(23,2)3/h4-12,15-16,21,23,28H,13-14,17H2,1-3H3,(H,31,32)/t21-,23+,28-/m0/s1. The Morgan fingerprint density at radius 1 is 1.03 bits per heavy atom. The van der Waals surface area contributed by atoms with E-state index in [0.717, 1.165) is 28.9 Å². The van der Waals surface area contributed by atoms with E-state index in [1.807, 2.05) is 30.3 Å². The summed E-state index contributed by atoms with van der Waals surface area (Å²) in [7, 11) is -4.05. The van der Waals surface area contributed by atoms with Crippen LogP contribution < -0.4 is 9.46 Å². The average molecular weight is 540 g/mol. The van der Waals surface area contributed by atoms with Crippen molar-refractivity contribution in [1.29, 1.82) is 0 Å². The van der Waals surface area contributed by atoms with Gasteiger partial charge in [0.25, 0.3) is 10.0 Å². The molecule has 3 aromatic rings. The van der Waals surface area contributed by atoms with Gasteiger partial charge >= 0.3 is 0 Å². The molecule has 37 heavy (non-hydrogen) atoms. The Labute approximate surface area is 223 Å². The number of rotatable bonds is 5. The van der Waals surface area contributed by atoms with Gasteiger partial charge in [-0.1, -0.05) is 54.1 Å². The second kappa shape index (κ2) is 9.78. The van der Waals surface area contributed by atoms with Crippen molar-refractivity contribution in [1.82, 2.24) is 4.72 Å². The SMILES string of the molecule is Cc1c(Cl)cccc1S(=O)(=O)NC(=O)C[C@@H]1CC[C@@H]2[C@@H](O1)c1cc(-c3ccccc3)ccc1OC2(C)C. The lowest BCUT2D eigenvalue weighted by atomic mass is 9.74. The van der Waals surface area contributed by atoms with E-state index >= 15 is 0 Å². The number of carbonyl (C=O) groups excluding carboxylic acids is 1. The van der Waals surface area contributed by atoms with Crippen molar-refractivity contribution < 1.29 is 22.7 Å². The summed E-state index contributed by atoms with van der Waals surface area (Å²) in [6, 6.07) is 20.8. The van der Waals surface area contributed by atoms with E-state index < -0.39 is 27.6 Å². The highest BCUT2D eigenvalue weighted by Crippen LogP contribution is 2.51. The number of carbonyl (C=O) groups is 1. The van der Waals surface area contributed by atoms with Gasteiger partial charge < -0.3 is 9.47 Å². The van der Waals surface area contributed by atoms with Gasteiger partial charge in [0.05, 0.1) is 23.5 Å². The molecule has 1 saturated heterocycles. The summed E-state index contributed by atoms with van der Waals surface area (Å²) in [4.78, 5) is 12.8. The molecule has 2 heterocycles. The van der Waals surface area contributed by atoms with Crippen molar-refractivity contribution in [2.45, 2.75) is 62.7 Å². The molecular formula is C29H30ClNO5S. The largest absolute Gasteiger partial charge is 0.487 e. The predicted molar refractivity (Wildman–Crippen MR) is 143 cm³/mol. The minimum Gasteiger partial charge on any atom is -0.487 e. The molecule has 2 aliphatic heterocycles. The number of fused-ring (bicyclic) bond motifs is 3. The van der Waals surface area contributed by atoms with Crippen molar-refractivity contribution in [2.75, 3.05) is 0 Å². The molecule has 194 valence electrons. The third-order valence-electron chi connectivity index (χ3n) is 7.36. The normalized spacial score (nSPS) is 22.3. The van der Waals surface area contributed by atoms with Gasteiger partial charge in [0, 0.05) is 16.5 Å². The number of benzene rings is 3. The first kappa shape index (κ1) is 25.8. The molecule has 0 aliphatic carbocycles. The Kier molecular flexibility index (Phi) is 6.81. The zero-order valence-electron chi connectivity index (χ0n) is 21.0. The first-order chi connectivity index (χ1) is 17.5. The van der Waals surface area contributed by atoms with Crippen LogP contribution in [0.1, 0.15) is 50.3 Å². The minimum absolute atomic E-state index is 0.00785. The van der Waals surface area contributed by atoms with Gasteiger partial charge in [0.2, 0.25) is 5.91 Å². The fraction of sp³-hybridized carbons (Fsp3) is 0.345. The molecule has 5 rings (SSSR count). The van der Waals surface area contributed by atoms with Gasteiger partial charge in [-0.25, -0.2) is 13.1 Å². The predicted octanol–water partition coefficient (Wildman–Crippen LogP) is 6.22. The molecule has 8 heteroatoms. The van der Waals surface area contributed by atoms with Crippen LogP contribution in [0.15, 0.2) is 71.6 Å². The molecule has 3 aromatic carbocycles. The van der Waals surface area contributed by atoms with Crippen molar-refractivity contribution in [3.05, 3.63) is 82.9 Å². The lowest BCUT2D eigenvalue weighted by Crippen LogP contribution is -2.49. The lowest BCUT2D eigenvalue weighted by molar-refractivity contribution is -0.155. The van der Waals surface area contributed by atoms with Gasteiger partial charge in [-0.2, -0.15) is 0 Å². The molecule has 1 fully saturated rings. The van der Waals surface area contributed by atoms with Crippen molar-refractivity contribution in [2.24, 2.45) is 5.92 Å². The molecule has 1 N–H and O–H groups in total. The fourth-order valence-corrected chi connectivity index (χ4v) is 6.90. The Bertz CT molecular complexity index is 1440. The third kappa shape index (κ3) is 5.13. The van der Waals surface area contributed by atoms with E-state index in [1.54, 1.807) is 19.1 Å². The van der Waals surface area contributed by atoms with E-state index in [2.05, 4.69) is 36.8 Å². The Hall–Kier alpha value is -2.87. The van der Waals surface area contributed by atoms with E-state index in [4.69, 9.17) is 21.1 Å². The quantitative estimate of drug-likeness (QED) is 0.416. The smallest absolute Gasteiger partial charge is 0.264 e. The number of hydrogen-bond donors (Lipinski definition) is 1. The summed E-state index contributed by atoms with van der Waals surface area (Å²) in [6.45, 7) is 5.74. The van der Waals surface area contributed by atoms with E-state index in [0.29, 0.717) is 17.0 Å². The molecule has 1 amide bonds. The summed E-state index contributed by atoms with van der Waals surface area (Å²) in [5.41, 5.74) is 3.08. The summed E-state index contributed by atoms with van der Waals surface area (Å²) >= 11 is 6.08. The van der Waals surface area contributed by atoms with Crippen LogP contribution in [0.5, 0.6) is 5.75 Å². The van der Waals surface area contributed by atoms with Crippen LogP contribution in [0.4, 0.5) is 0 Å². The maximum Gasteiger partial charge on any atom is 0.264 e. The summed E-state index contributed by atoms with van der Waals surface area (Å²) in [6.07, 6.45) is 0.687. The van der Waals surface area contributed by atoms with Crippen molar-refractivity contribution >= 4 is 27.5 Å². The van der Waals surface area contributed by atoms with Gasteiger partial charge in [-0.05, 0) is 74.6 Å². The number of amides is 1. The average Bonchev–Trinajstić information content (AvgIpc) is 2.85. The number of halogens is 1. The molecule has 0 saturated carbocycles. The highest BCUT2D eigenvalue weighted by Gasteiger charge is 2.47. The highest BCUT2D eigenvalue weighted by atomic mass is 35.5. The maximum atomic E-state index is 12.9. The van der Waals surface area contributed by atoms with Crippen LogP contribution in [0.25, 0.3) is 11.1 Å². The Morgan fingerprint density at radius 2 is 1.78 bits per heavy atom. The first-order valence-corrected chi connectivity index (χ1v) is 14.3. The molecule has 6 nitrogen and oxygen atoms in total. The topological polar surface area (TPSA) is 81.7 Å². The molecule has 0 unspecified atom stereocenters. The van der Waals surface area contributed by atoms with E-state index in [9.17, 15) is 13.2 Å². The Morgan fingerprint density at radius 3 is 2.54 bits per heavy atom. The zero-order valence-corrected chi connectivity index (χ0v) is 22.6. The van der Waals surface area contributed by atoms with E-state index in [-0.39, 0.29) is 23.3 Å². The third-order valence-corrected chi connectivity index (χ3v) is 9.29. The van der Waals surface area contributed by atoms with E-state index in [1.165, 1.54) is 6.07 Å².